The molecule has 0 fully saturated rings. The van der Waals surface area contributed by atoms with E-state index in [0.717, 1.165) is 89.6 Å². The Balaban J connectivity index is 0.000000123. The zero-order valence-electron chi connectivity index (χ0n) is 64.9. The SMILES string of the molecule is CCOc1cc(C2CC(c3cccc(C)c3)Nc3nnnn32)ccc1OC(F)F.COc1cc(NC(=O)c2cnn3c2NC(c2ccc(F)cc2)CC3C(F)(F)F)ccc1C.Cc1cc(-c2ccccc2)nc(-n2ccnc2)n1.Cc1cc(-c2ccccc2)nc(-n2ccnc2)n1.Cc1cccc(C2CC(=O)Nc3cc4c(cc32)OCO4)c1. The van der Waals surface area contributed by atoms with Crippen molar-refractivity contribution in [3.05, 3.63) is 305 Å². The normalized spacial score (nSPS) is 15.9. The van der Waals surface area contributed by atoms with Crippen LogP contribution in [0.3, 0.4) is 0 Å². The molecule has 0 aliphatic carbocycles. The number of hydrogen-bond donors (Lipinski definition) is 4. The van der Waals surface area contributed by atoms with Crippen molar-refractivity contribution in [3.8, 4) is 63.2 Å². The van der Waals surface area contributed by atoms with Gasteiger partial charge in [-0.2, -0.15) is 27.1 Å². The fourth-order valence-corrected chi connectivity index (χ4v) is 14.0. The number of anilines is 4. The molecule has 0 radical (unpaired) electrons. The average molecular weight is 1600 g/mol. The van der Waals surface area contributed by atoms with Gasteiger partial charge in [-0.1, -0.05) is 150 Å². The van der Waals surface area contributed by atoms with Crippen LogP contribution in [0.1, 0.15) is 123 Å². The Bertz CT molecular complexity index is 5680. The second-order valence-electron chi connectivity index (χ2n) is 27.9. The zero-order chi connectivity index (χ0) is 82.6. The molecule has 8 aromatic carbocycles. The molecular weight excluding hydrogens is 1520 g/mol. The van der Waals surface area contributed by atoms with Crippen molar-refractivity contribution in [1.29, 1.82) is 0 Å². The Morgan fingerprint density at radius 3 is 1.86 bits per heavy atom. The van der Waals surface area contributed by atoms with Crippen molar-refractivity contribution < 1.29 is 59.6 Å². The van der Waals surface area contributed by atoms with Gasteiger partial charge in [-0.25, -0.2) is 43.7 Å². The van der Waals surface area contributed by atoms with Crippen LogP contribution in [0, 0.1) is 40.4 Å². The van der Waals surface area contributed by atoms with Crippen LogP contribution < -0.4 is 45.0 Å². The summed E-state index contributed by atoms with van der Waals surface area (Å²) in [6, 6.07) is 56.9. The van der Waals surface area contributed by atoms with Gasteiger partial charge in [-0.3, -0.25) is 18.7 Å². The molecule has 4 aliphatic heterocycles. The number of carbonyl (C=O) groups is 2. The van der Waals surface area contributed by atoms with Gasteiger partial charge in [-0.15, -0.1) is 0 Å². The predicted octanol–water partition coefficient (Wildman–Crippen LogP) is 17.9. The summed E-state index contributed by atoms with van der Waals surface area (Å²) in [5.41, 5.74) is 15.0. The molecule has 0 spiro atoms. The maximum atomic E-state index is 13.8. The Morgan fingerprint density at radius 1 is 0.636 bits per heavy atom. The summed E-state index contributed by atoms with van der Waals surface area (Å²) in [4.78, 5) is 50.9. The van der Waals surface area contributed by atoms with E-state index in [4.69, 9.17) is 18.9 Å². The summed E-state index contributed by atoms with van der Waals surface area (Å²) in [6.45, 7) is 9.32. The lowest BCUT2D eigenvalue weighted by molar-refractivity contribution is -0.173. The molecule has 0 saturated carbocycles. The number of aromatic nitrogens is 14. The number of rotatable bonds is 15. The summed E-state index contributed by atoms with van der Waals surface area (Å²) in [5, 5.41) is 27.8. The van der Waals surface area contributed by atoms with Crippen LogP contribution >= 0.6 is 0 Å². The molecule has 31 heteroatoms. The van der Waals surface area contributed by atoms with E-state index in [1.807, 2.05) is 143 Å². The van der Waals surface area contributed by atoms with Gasteiger partial charge in [0.25, 0.3) is 5.91 Å². The minimum absolute atomic E-state index is 0.00549. The third kappa shape index (κ3) is 19.2. The van der Waals surface area contributed by atoms with Gasteiger partial charge in [0, 0.05) is 89.6 Å². The molecule has 25 nitrogen and oxygen atoms in total. The highest BCUT2D eigenvalue weighted by Gasteiger charge is 2.47. The minimum atomic E-state index is -4.58. The van der Waals surface area contributed by atoms with Crippen LogP contribution in [0.25, 0.3) is 34.4 Å². The largest absolute Gasteiger partial charge is 0.496 e. The van der Waals surface area contributed by atoms with E-state index in [-0.39, 0.29) is 60.0 Å². The van der Waals surface area contributed by atoms with E-state index in [2.05, 4.69) is 114 Å². The van der Waals surface area contributed by atoms with E-state index >= 15 is 0 Å². The Morgan fingerprint density at radius 2 is 1.25 bits per heavy atom. The number of ether oxygens (including phenoxy) is 5. The smallest absolute Gasteiger partial charge is 0.410 e. The molecule has 6 aromatic heterocycles. The van der Waals surface area contributed by atoms with Crippen LogP contribution in [-0.4, -0.2) is 114 Å². The number of methoxy groups -OCH3 is 1. The molecule has 5 unspecified atom stereocenters. The first-order valence-corrected chi connectivity index (χ1v) is 37.6. The first-order chi connectivity index (χ1) is 57.1. The van der Waals surface area contributed by atoms with Crippen LogP contribution in [0.15, 0.2) is 238 Å². The van der Waals surface area contributed by atoms with Crippen molar-refractivity contribution >= 4 is 35.0 Å². The molecule has 118 heavy (non-hydrogen) atoms. The van der Waals surface area contributed by atoms with Crippen molar-refractivity contribution in [2.24, 2.45) is 0 Å². The second kappa shape index (κ2) is 36.1. The maximum Gasteiger partial charge on any atom is 0.410 e. The molecule has 2 amide bonds. The van der Waals surface area contributed by atoms with Gasteiger partial charge in [0.05, 0.1) is 49.4 Å². The van der Waals surface area contributed by atoms with Gasteiger partial charge < -0.3 is 45.0 Å². The van der Waals surface area contributed by atoms with Gasteiger partial charge in [0.15, 0.2) is 29.0 Å². The minimum Gasteiger partial charge on any atom is -0.496 e. The van der Waals surface area contributed by atoms with Crippen molar-refractivity contribution in [2.45, 2.75) is 104 Å². The summed E-state index contributed by atoms with van der Waals surface area (Å²) in [6.07, 6.45) is 7.81. The first kappa shape index (κ1) is 80.4. The third-order valence-corrected chi connectivity index (χ3v) is 19.6. The molecule has 14 aromatic rings. The zero-order valence-corrected chi connectivity index (χ0v) is 64.9. The number of imidazole rings is 2. The fraction of sp³-hybridized carbons (Fsp3) is 0.218. The summed E-state index contributed by atoms with van der Waals surface area (Å²) in [5.74, 6) is 3.06. The number of fused-ring (bicyclic) bond motifs is 4. The highest BCUT2D eigenvalue weighted by molar-refractivity contribution is 6.07. The molecule has 18 rings (SSSR count). The number of halogens is 6. The van der Waals surface area contributed by atoms with Gasteiger partial charge >= 0.3 is 12.8 Å². The van der Waals surface area contributed by atoms with E-state index in [0.29, 0.717) is 60.0 Å². The number of tetrazole rings is 1. The lowest BCUT2D eigenvalue weighted by Gasteiger charge is -2.34. The van der Waals surface area contributed by atoms with Crippen molar-refractivity contribution in [2.75, 3.05) is 41.8 Å². The van der Waals surface area contributed by atoms with E-state index < -0.39 is 36.6 Å². The Labute approximate surface area is 674 Å². The number of amides is 2. The summed E-state index contributed by atoms with van der Waals surface area (Å²) < 4.78 is 112. The Kier molecular flexibility index (Phi) is 24.6. The molecular formula is C87H80F6N18O7. The number of nitrogens with one attached hydrogen (secondary N) is 4. The van der Waals surface area contributed by atoms with Gasteiger partial charge in [0.1, 0.15) is 35.6 Å². The van der Waals surface area contributed by atoms with Crippen LogP contribution in [0.4, 0.5) is 49.5 Å². The quantitative estimate of drug-likeness (QED) is 0.0694. The number of hydrogen-bond acceptors (Lipinski definition) is 19. The number of benzene rings is 8. The monoisotopic (exact) mass is 1600 g/mol. The lowest BCUT2D eigenvalue weighted by atomic mass is 9.84. The van der Waals surface area contributed by atoms with E-state index in [9.17, 15) is 35.9 Å². The topological polar surface area (TPSA) is 277 Å². The molecule has 4 N–H and O–H groups in total. The fourth-order valence-electron chi connectivity index (χ4n) is 14.0. The average Bonchev–Trinajstić information content (AvgIpc) is 1.59. The molecule has 0 saturated heterocycles. The first-order valence-electron chi connectivity index (χ1n) is 37.6. The van der Waals surface area contributed by atoms with Crippen LogP contribution in [0.5, 0.6) is 28.7 Å². The summed E-state index contributed by atoms with van der Waals surface area (Å²) >= 11 is 0. The number of alkyl halides is 5. The van der Waals surface area contributed by atoms with E-state index in [1.165, 1.54) is 43.0 Å². The standard InChI is InChI=1S/C22H20F4N4O2.C20H21F2N5O2.C17H15NO3.2C14H12N4/c1-12-3-8-15(9-18(12)32-2)28-21(31)16-11-27-30-19(22(24,25)26)10-17(29-20(16)30)13-4-6-14(23)7-5-13;1-3-28-18-10-14(7-8-17(18)29-19(21)22)16-11-15(13-6-4-5-12(2)9-13)23-20-24-25-26-27(16)20;1-10-3-2-4-11(5-10)12-7-17(19)18-14-8-16-15(6-13(12)14)20-9-21-16;2*1-11-9-13(12-5-3-2-4-6-12)17-14(16-11)18-8-7-15-10-18/h3-9,11,17,19,29H,10H2,1-2H3,(H,28,31);4-10,15-16,19H,3,11H2,1-2H3,(H,23,24,26);2-6,8,12H,7,9H2,1H3,(H,18,19);2*2-10H,1H3. The lowest BCUT2D eigenvalue weighted by Crippen LogP contribution is -2.36. The number of carbonyl (C=O) groups excluding carboxylic acids is 2. The highest BCUT2D eigenvalue weighted by Crippen LogP contribution is 2.47. The number of nitrogens with zero attached hydrogens (tertiary/aromatic N) is 14. The van der Waals surface area contributed by atoms with Crippen LogP contribution in [-0.2, 0) is 4.79 Å². The predicted molar refractivity (Wildman–Crippen MR) is 430 cm³/mol. The number of aryl methyl sites for hydroxylation is 5. The maximum absolute atomic E-state index is 13.8. The van der Waals surface area contributed by atoms with Gasteiger partial charge in [-0.05, 0) is 140 Å². The summed E-state index contributed by atoms with van der Waals surface area (Å²) in [7, 11) is 1.50. The molecule has 10 heterocycles. The molecule has 5 atom stereocenters. The van der Waals surface area contributed by atoms with E-state index in [1.54, 1.807) is 76.1 Å². The highest BCUT2D eigenvalue weighted by atomic mass is 19.4. The van der Waals surface area contributed by atoms with Gasteiger partial charge in [0.2, 0.25) is 30.5 Å². The Hall–Kier alpha value is -14.3. The molecule has 4 aliphatic rings. The van der Waals surface area contributed by atoms with Crippen LogP contribution in [0.2, 0.25) is 0 Å². The van der Waals surface area contributed by atoms with Crippen molar-refractivity contribution in [3.63, 3.8) is 0 Å². The molecule has 602 valence electrons. The van der Waals surface area contributed by atoms with Crippen molar-refractivity contribution in [1.82, 2.24) is 69.0 Å². The molecule has 0 bridgehead atoms. The third-order valence-electron chi connectivity index (χ3n) is 19.6. The second-order valence-corrected chi connectivity index (χ2v) is 27.9.